The van der Waals surface area contributed by atoms with E-state index in [0.29, 0.717) is 37.3 Å². The number of unbranched alkanes of at least 4 members (excludes halogenated alkanes) is 1. The highest BCUT2D eigenvalue weighted by Gasteiger charge is 2.31. The van der Waals surface area contributed by atoms with Gasteiger partial charge in [-0.2, -0.15) is 0 Å². The molecule has 8 heteroatoms. The Labute approximate surface area is 213 Å². The highest BCUT2D eigenvalue weighted by atomic mass is 16.5. The number of hydrogen-bond donors (Lipinski definition) is 1. The van der Waals surface area contributed by atoms with Crippen LogP contribution in [-0.4, -0.2) is 48.3 Å². The fourth-order valence-corrected chi connectivity index (χ4v) is 3.85. The third kappa shape index (κ3) is 10.1. The van der Waals surface area contributed by atoms with E-state index in [0.717, 1.165) is 24.8 Å². The van der Waals surface area contributed by atoms with Crippen molar-refractivity contribution in [2.45, 2.75) is 72.3 Å². The van der Waals surface area contributed by atoms with Gasteiger partial charge in [0, 0.05) is 38.5 Å². The first-order valence-electron chi connectivity index (χ1n) is 12.3. The van der Waals surface area contributed by atoms with Gasteiger partial charge in [0.25, 0.3) is 11.8 Å². The lowest BCUT2D eigenvalue weighted by atomic mass is 9.89. The first kappa shape index (κ1) is 28.8. The molecule has 0 saturated heterocycles. The molecule has 1 N–H and O–H groups in total. The van der Waals surface area contributed by atoms with E-state index in [1.165, 1.54) is 31.1 Å². The number of rotatable bonds is 12. The Morgan fingerprint density at radius 3 is 2.39 bits per heavy atom. The van der Waals surface area contributed by atoms with E-state index in [-0.39, 0.29) is 11.3 Å². The lowest BCUT2D eigenvalue weighted by molar-refractivity contribution is -0.139. The van der Waals surface area contributed by atoms with Gasteiger partial charge in [-0.25, -0.2) is 0 Å². The zero-order chi connectivity index (χ0) is 26.7. The maximum absolute atomic E-state index is 12.9. The van der Waals surface area contributed by atoms with Gasteiger partial charge in [-0.1, -0.05) is 45.4 Å². The van der Waals surface area contributed by atoms with E-state index in [1.54, 1.807) is 30.3 Å². The lowest BCUT2D eigenvalue weighted by Gasteiger charge is -2.22. The summed E-state index contributed by atoms with van der Waals surface area (Å²) in [6, 6.07) is 6.49. The van der Waals surface area contributed by atoms with E-state index in [1.807, 2.05) is 0 Å². The van der Waals surface area contributed by atoms with Crippen molar-refractivity contribution in [3.63, 3.8) is 0 Å². The van der Waals surface area contributed by atoms with Gasteiger partial charge < -0.3 is 14.8 Å². The summed E-state index contributed by atoms with van der Waals surface area (Å²) in [5, 5.41) is 2.86. The second-order valence-corrected chi connectivity index (χ2v) is 10.1. The smallest absolute Gasteiger partial charge is 0.308 e. The largest absolute Gasteiger partial charge is 0.501 e. The second-order valence-electron chi connectivity index (χ2n) is 10.1. The number of hydrogen-bond acceptors (Lipinski definition) is 6. The molecule has 1 aromatic carbocycles. The summed E-state index contributed by atoms with van der Waals surface area (Å²) in [7, 11) is 1.46. The van der Waals surface area contributed by atoms with Crippen LogP contribution in [0.25, 0.3) is 0 Å². The number of benzene rings is 1. The molecule has 0 saturated carbocycles. The summed E-state index contributed by atoms with van der Waals surface area (Å²) in [5.41, 5.74) is 1.15. The van der Waals surface area contributed by atoms with Crippen molar-refractivity contribution in [2.24, 2.45) is 5.41 Å². The molecule has 0 aliphatic carbocycles. The molecule has 2 rings (SSSR count). The molecule has 8 nitrogen and oxygen atoms in total. The average Bonchev–Trinajstić information content (AvgIpc) is 3.16. The van der Waals surface area contributed by atoms with Crippen LogP contribution in [0.5, 0.6) is 5.75 Å². The maximum atomic E-state index is 12.9. The first-order chi connectivity index (χ1) is 17.0. The summed E-state index contributed by atoms with van der Waals surface area (Å²) in [5.74, 6) is -0.475. The van der Waals surface area contributed by atoms with Crippen LogP contribution < -0.4 is 10.1 Å². The van der Waals surface area contributed by atoms with Crippen LogP contribution in [0.15, 0.2) is 48.3 Å². The molecule has 0 bridgehead atoms. The van der Waals surface area contributed by atoms with Crippen LogP contribution in [-0.2, 0) is 30.3 Å². The molecule has 0 fully saturated rings. The number of methoxy groups -OCH3 is 1. The van der Waals surface area contributed by atoms with Gasteiger partial charge in [-0.05, 0) is 42.4 Å². The molecule has 196 valence electrons. The molecule has 0 aromatic heterocycles. The Kier molecular flexibility index (Phi) is 10.9. The summed E-state index contributed by atoms with van der Waals surface area (Å²) in [6.07, 6.45) is 8.54. The molecule has 1 aromatic rings. The highest BCUT2D eigenvalue weighted by molar-refractivity contribution is 6.07. The number of carbonyl (C=O) groups is 4. The lowest BCUT2D eigenvalue weighted by Crippen LogP contribution is -2.39. The molecule has 3 amide bonds. The standard InChI is InChI=1S/C28H38N2O6/c1-20(31)36-23-12-9-21(10-13-23)18-22-11-14-26(33)30(22)27(34)19-24(35-5)15-17-29-25(32)8-6-7-16-28(2,3)4/h9-14,19,22H,6-8,15-18H2,1-5H3,(H,29,32)/b24-19+. The monoisotopic (exact) mass is 498 g/mol. The average molecular weight is 499 g/mol. The fourth-order valence-electron chi connectivity index (χ4n) is 3.85. The zero-order valence-electron chi connectivity index (χ0n) is 22.0. The van der Waals surface area contributed by atoms with Gasteiger partial charge in [0.1, 0.15) is 11.5 Å². The summed E-state index contributed by atoms with van der Waals surface area (Å²) < 4.78 is 10.4. The molecular weight excluding hydrogens is 460 g/mol. The summed E-state index contributed by atoms with van der Waals surface area (Å²) >= 11 is 0. The third-order valence-electron chi connectivity index (χ3n) is 5.72. The Balaban J connectivity index is 1.87. The van der Waals surface area contributed by atoms with E-state index >= 15 is 0 Å². The molecule has 0 spiro atoms. The SMILES string of the molecule is CO/C(=C/C(=O)N1C(=O)C=CC1Cc1ccc(OC(C)=O)cc1)CCNC(=O)CCCCC(C)(C)C. The number of nitrogens with zero attached hydrogens (tertiary/aromatic N) is 1. The van der Waals surface area contributed by atoms with Crippen molar-refractivity contribution in [3.05, 3.63) is 53.8 Å². The normalized spacial score (nSPS) is 15.7. The number of carbonyl (C=O) groups excluding carboxylic acids is 4. The van der Waals surface area contributed by atoms with Crippen LogP contribution >= 0.6 is 0 Å². The Morgan fingerprint density at radius 1 is 1.08 bits per heavy atom. The zero-order valence-corrected chi connectivity index (χ0v) is 22.0. The van der Waals surface area contributed by atoms with Crippen molar-refractivity contribution >= 4 is 23.7 Å². The number of imide groups is 1. The second kappa shape index (κ2) is 13.6. The predicted molar refractivity (Wildman–Crippen MR) is 137 cm³/mol. The maximum Gasteiger partial charge on any atom is 0.308 e. The molecule has 1 aliphatic heterocycles. The van der Waals surface area contributed by atoms with Crippen LogP contribution in [0.3, 0.4) is 0 Å². The molecule has 1 aliphatic rings. The van der Waals surface area contributed by atoms with Crippen molar-refractivity contribution < 1.29 is 28.7 Å². The number of ether oxygens (including phenoxy) is 2. The minimum absolute atomic E-state index is 0.0237. The number of nitrogens with one attached hydrogen (secondary N) is 1. The van der Waals surface area contributed by atoms with Gasteiger partial charge in [0.15, 0.2) is 0 Å². The van der Waals surface area contributed by atoms with Crippen LogP contribution in [0.2, 0.25) is 0 Å². The van der Waals surface area contributed by atoms with Crippen LogP contribution in [0, 0.1) is 5.41 Å². The summed E-state index contributed by atoms with van der Waals surface area (Å²) in [6.45, 7) is 8.23. The molecule has 1 heterocycles. The van der Waals surface area contributed by atoms with Crippen molar-refractivity contribution in [2.75, 3.05) is 13.7 Å². The minimum Gasteiger partial charge on any atom is -0.501 e. The fraction of sp³-hybridized carbons (Fsp3) is 0.500. The first-order valence-corrected chi connectivity index (χ1v) is 12.3. The van der Waals surface area contributed by atoms with Gasteiger partial charge in [-0.15, -0.1) is 0 Å². The highest BCUT2D eigenvalue weighted by Crippen LogP contribution is 2.22. The van der Waals surface area contributed by atoms with E-state index in [2.05, 4.69) is 26.1 Å². The minimum atomic E-state index is -0.475. The molecule has 1 unspecified atom stereocenters. The molecule has 36 heavy (non-hydrogen) atoms. The Morgan fingerprint density at radius 2 is 1.78 bits per heavy atom. The molecular formula is C28H38N2O6. The van der Waals surface area contributed by atoms with Crippen molar-refractivity contribution in [1.29, 1.82) is 0 Å². The number of esters is 1. The Bertz CT molecular complexity index is 988. The Hall–Kier alpha value is -3.42. The number of amides is 3. The van der Waals surface area contributed by atoms with E-state index in [4.69, 9.17) is 9.47 Å². The van der Waals surface area contributed by atoms with Gasteiger partial charge >= 0.3 is 5.97 Å². The molecule has 0 radical (unpaired) electrons. The van der Waals surface area contributed by atoms with E-state index in [9.17, 15) is 19.2 Å². The van der Waals surface area contributed by atoms with Gasteiger partial charge in [0.05, 0.1) is 13.2 Å². The van der Waals surface area contributed by atoms with Gasteiger partial charge in [0.2, 0.25) is 5.91 Å². The third-order valence-corrected chi connectivity index (χ3v) is 5.72. The quantitative estimate of drug-likeness (QED) is 0.153. The predicted octanol–water partition coefficient (Wildman–Crippen LogP) is 4.09. The van der Waals surface area contributed by atoms with Crippen molar-refractivity contribution in [3.8, 4) is 5.75 Å². The van der Waals surface area contributed by atoms with Crippen LogP contribution in [0.1, 0.15) is 65.4 Å². The summed E-state index contributed by atoms with van der Waals surface area (Å²) in [4.78, 5) is 49.6. The topological polar surface area (TPSA) is 102 Å². The van der Waals surface area contributed by atoms with Crippen LogP contribution in [0.4, 0.5) is 0 Å². The molecule has 1 atom stereocenters. The van der Waals surface area contributed by atoms with Gasteiger partial charge in [-0.3, -0.25) is 24.1 Å². The van der Waals surface area contributed by atoms with Crippen molar-refractivity contribution in [1.82, 2.24) is 10.2 Å². The van der Waals surface area contributed by atoms with E-state index < -0.39 is 23.8 Å².